The third-order valence-corrected chi connectivity index (χ3v) is 2.37. The van der Waals surface area contributed by atoms with Gasteiger partial charge in [0.2, 0.25) is 0 Å². The highest BCUT2D eigenvalue weighted by molar-refractivity contribution is 5.49. The van der Waals surface area contributed by atoms with Crippen molar-refractivity contribution in [1.29, 1.82) is 5.26 Å². The fraction of sp³-hybridized carbons (Fsp3) is 0.538. The minimum absolute atomic E-state index is 0.427. The molecule has 0 atom stereocenters. The first-order chi connectivity index (χ1) is 7.54. The lowest BCUT2D eigenvalue weighted by Gasteiger charge is -2.30. The normalized spacial score (nSPS) is 10.6. The Bertz CT molecular complexity index is 377. The van der Waals surface area contributed by atoms with Gasteiger partial charge in [-0.1, -0.05) is 13.8 Å². The number of nitriles is 1. The van der Waals surface area contributed by atoms with E-state index in [0.717, 1.165) is 12.2 Å². The van der Waals surface area contributed by atoms with E-state index in [1.165, 1.54) is 0 Å². The quantitative estimate of drug-likeness (QED) is 0.778. The van der Waals surface area contributed by atoms with Crippen molar-refractivity contribution >= 4 is 5.69 Å². The van der Waals surface area contributed by atoms with Gasteiger partial charge in [0.25, 0.3) is 0 Å². The highest BCUT2D eigenvalue weighted by atomic mass is 15.2. The molecular formula is C13H19N3. The van der Waals surface area contributed by atoms with E-state index in [4.69, 9.17) is 5.26 Å². The van der Waals surface area contributed by atoms with Crippen LogP contribution in [-0.2, 0) is 0 Å². The summed E-state index contributed by atoms with van der Waals surface area (Å²) in [5.74, 6) is 0.598. The first-order valence-corrected chi connectivity index (χ1v) is 5.67. The Morgan fingerprint density at radius 2 is 2.06 bits per heavy atom. The van der Waals surface area contributed by atoms with Crippen LogP contribution in [0.4, 0.5) is 5.69 Å². The van der Waals surface area contributed by atoms with Crippen LogP contribution in [0.3, 0.4) is 0 Å². The van der Waals surface area contributed by atoms with E-state index in [9.17, 15) is 0 Å². The standard InChI is InChI=1S/C13H19N3/c1-10(2)9-16(11(3)4)13-5-6-15-12(7-13)8-14/h5-7,10-11H,9H2,1-4H3. The molecule has 1 aromatic rings. The van der Waals surface area contributed by atoms with E-state index in [-0.39, 0.29) is 0 Å². The molecule has 86 valence electrons. The molecule has 0 radical (unpaired) electrons. The Hall–Kier alpha value is -1.56. The summed E-state index contributed by atoms with van der Waals surface area (Å²) in [5.41, 5.74) is 1.56. The van der Waals surface area contributed by atoms with Crippen LogP contribution in [-0.4, -0.2) is 17.6 Å². The van der Waals surface area contributed by atoms with E-state index in [1.807, 2.05) is 12.1 Å². The van der Waals surface area contributed by atoms with Gasteiger partial charge in [0.15, 0.2) is 0 Å². The summed E-state index contributed by atoms with van der Waals surface area (Å²) in [5, 5.41) is 8.83. The van der Waals surface area contributed by atoms with E-state index in [0.29, 0.717) is 17.7 Å². The average Bonchev–Trinajstić information content (AvgIpc) is 2.25. The molecule has 0 aromatic carbocycles. The molecule has 3 heteroatoms. The summed E-state index contributed by atoms with van der Waals surface area (Å²) in [6.07, 6.45) is 1.70. The second kappa shape index (κ2) is 5.50. The molecule has 0 saturated heterocycles. The van der Waals surface area contributed by atoms with Crippen molar-refractivity contribution in [1.82, 2.24) is 4.98 Å². The van der Waals surface area contributed by atoms with Gasteiger partial charge in [-0.15, -0.1) is 0 Å². The molecule has 0 bridgehead atoms. The zero-order valence-electron chi connectivity index (χ0n) is 10.4. The zero-order valence-corrected chi connectivity index (χ0v) is 10.4. The molecule has 0 N–H and O–H groups in total. The molecular weight excluding hydrogens is 198 g/mol. The lowest BCUT2D eigenvalue weighted by Crippen LogP contribution is -2.34. The van der Waals surface area contributed by atoms with Crippen molar-refractivity contribution < 1.29 is 0 Å². The topological polar surface area (TPSA) is 39.9 Å². The second-order valence-corrected chi connectivity index (χ2v) is 4.65. The highest BCUT2D eigenvalue weighted by Crippen LogP contribution is 2.18. The molecule has 3 nitrogen and oxygen atoms in total. The third kappa shape index (κ3) is 3.23. The fourth-order valence-corrected chi connectivity index (χ4v) is 1.67. The van der Waals surface area contributed by atoms with Gasteiger partial charge in [-0.25, -0.2) is 4.98 Å². The number of pyridine rings is 1. The van der Waals surface area contributed by atoms with E-state index in [1.54, 1.807) is 6.20 Å². The SMILES string of the molecule is CC(C)CN(c1ccnc(C#N)c1)C(C)C. The lowest BCUT2D eigenvalue weighted by atomic mass is 10.1. The monoisotopic (exact) mass is 217 g/mol. The van der Waals surface area contributed by atoms with Crippen molar-refractivity contribution in [2.45, 2.75) is 33.7 Å². The van der Waals surface area contributed by atoms with Crippen LogP contribution < -0.4 is 4.90 Å². The number of hydrogen-bond donors (Lipinski definition) is 0. The van der Waals surface area contributed by atoms with Gasteiger partial charge in [-0.2, -0.15) is 5.26 Å². The Morgan fingerprint density at radius 1 is 1.38 bits per heavy atom. The molecule has 0 fully saturated rings. The summed E-state index contributed by atoms with van der Waals surface area (Å²) in [6, 6.07) is 6.31. The molecule has 1 heterocycles. The first kappa shape index (κ1) is 12.5. The lowest BCUT2D eigenvalue weighted by molar-refractivity contribution is 0.571. The summed E-state index contributed by atoms with van der Waals surface area (Å²) >= 11 is 0. The van der Waals surface area contributed by atoms with E-state index >= 15 is 0 Å². The zero-order chi connectivity index (χ0) is 12.1. The molecule has 0 unspecified atom stereocenters. The maximum absolute atomic E-state index is 8.83. The first-order valence-electron chi connectivity index (χ1n) is 5.67. The van der Waals surface area contributed by atoms with Gasteiger partial charge in [0, 0.05) is 24.5 Å². The summed E-state index contributed by atoms with van der Waals surface area (Å²) in [6.45, 7) is 9.71. The number of anilines is 1. The average molecular weight is 217 g/mol. The number of aromatic nitrogens is 1. The van der Waals surface area contributed by atoms with Crippen LogP contribution in [0.15, 0.2) is 18.3 Å². The Morgan fingerprint density at radius 3 is 2.56 bits per heavy atom. The van der Waals surface area contributed by atoms with Crippen molar-refractivity contribution in [3.8, 4) is 6.07 Å². The molecule has 16 heavy (non-hydrogen) atoms. The smallest absolute Gasteiger partial charge is 0.142 e. The molecule has 0 aliphatic carbocycles. The molecule has 0 aliphatic heterocycles. The van der Waals surface area contributed by atoms with Crippen LogP contribution in [0, 0.1) is 17.2 Å². The largest absolute Gasteiger partial charge is 0.369 e. The predicted molar refractivity (Wildman–Crippen MR) is 66.3 cm³/mol. The van der Waals surface area contributed by atoms with Crippen LogP contribution in [0.5, 0.6) is 0 Å². The van der Waals surface area contributed by atoms with Crippen molar-refractivity contribution in [2.75, 3.05) is 11.4 Å². The number of rotatable bonds is 4. The maximum Gasteiger partial charge on any atom is 0.142 e. The highest BCUT2D eigenvalue weighted by Gasteiger charge is 2.12. The van der Waals surface area contributed by atoms with Crippen LogP contribution in [0.25, 0.3) is 0 Å². The minimum Gasteiger partial charge on any atom is -0.369 e. The minimum atomic E-state index is 0.427. The van der Waals surface area contributed by atoms with Crippen molar-refractivity contribution in [3.05, 3.63) is 24.0 Å². The molecule has 1 rings (SSSR count). The van der Waals surface area contributed by atoms with Crippen molar-refractivity contribution in [3.63, 3.8) is 0 Å². The number of nitrogens with zero attached hydrogens (tertiary/aromatic N) is 3. The van der Waals surface area contributed by atoms with Crippen LogP contribution >= 0.6 is 0 Å². The molecule has 0 aliphatic rings. The van der Waals surface area contributed by atoms with Gasteiger partial charge in [0.05, 0.1) is 0 Å². The van der Waals surface area contributed by atoms with E-state index in [2.05, 4.69) is 43.6 Å². The number of hydrogen-bond acceptors (Lipinski definition) is 3. The Kier molecular flexibility index (Phi) is 4.30. The maximum atomic E-state index is 8.83. The molecule has 0 spiro atoms. The van der Waals surface area contributed by atoms with Gasteiger partial charge in [0.1, 0.15) is 11.8 Å². The van der Waals surface area contributed by atoms with Gasteiger partial charge in [-0.05, 0) is 31.9 Å². The Balaban J connectivity index is 2.97. The predicted octanol–water partition coefficient (Wildman–Crippen LogP) is 2.82. The van der Waals surface area contributed by atoms with Crippen LogP contribution in [0.2, 0.25) is 0 Å². The molecule has 0 saturated carbocycles. The molecule has 0 amide bonds. The summed E-state index contributed by atoms with van der Waals surface area (Å²) in [4.78, 5) is 6.29. The Labute approximate surface area is 97.7 Å². The second-order valence-electron chi connectivity index (χ2n) is 4.65. The summed E-state index contributed by atoms with van der Waals surface area (Å²) in [7, 11) is 0. The van der Waals surface area contributed by atoms with E-state index < -0.39 is 0 Å². The van der Waals surface area contributed by atoms with Crippen molar-refractivity contribution in [2.24, 2.45) is 5.92 Å². The third-order valence-electron chi connectivity index (χ3n) is 2.37. The van der Waals surface area contributed by atoms with Gasteiger partial charge >= 0.3 is 0 Å². The van der Waals surface area contributed by atoms with Gasteiger partial charge in [-0.3, -0.25) is 0 Å². The fourth-order valence-electron chi connectivity index (χ4n) is 1.67. The van der Waals surface area contributed by atoms with Crippen LogP contribution in [0.1, 0.15) is 33.4 Å². The molecule has 1 aromatic heterocycles. The van der Waals surface area contributed by atoms with Gasteiger partial charge < -0.3 is 4.90 Å². The summed E-state index contributed by atoms with van der Waals surface area (Å²) < 4.78 is 0.